The molecule has 0 spiro atoms. The average Bonchev–Trinajstić information content (AvgIpc) is 3.01. The molecule has 6 nitrogen and oxygen atoms in total. The van der Waals surface area contributed by atoms with Crippen LogP contribution in [0.15, 0.2) is 36.0 Å². The predicted molar refractivity (Wildman–Crippen MR) is 84.3 cm³/mol. The molecule has 0 aliphatic carbocycles. The summed E-state index contributed by atoms with van der Waals surface area (Å²) in [5.74, 6) is 1.74. The van der Waals surface area contributed by atoms with Crippen LogP contribution in [0.25, 0.3) is 11.2 Å². The number of fused-ring (bicyclic) bond motifs is 1. The standard InChI is InChI=1S/C14H16N6S/c1-2-5-15-12-10(4-3-6-16-12)7-21-14-11-13(18-8-17-11)19-9-20-14/h3-4,6,8-9H,2,5,7H2,1H3,(H,15,16)(H,17,18,19,20). The van der Waals surface area contributed by atoms with Gasteiger partial charge in [-0.25, -0.2) is 19.9 Å². The van der Waals surface area contributed by atoms with Gasteiger partial charge in [-0.2, -0.15) is 0 Å². The Morgan fingerprint density at radius 2 is 2.19 bits per heavy atom. The van der Waals surface area contributed by atoms with Gasteiger partial charge in [0, 0.05) is 24.1 Å². The van der Waals surface area contributed by atoms with Crippen molar-refractivity contribution in [2.24, 2.45) is 0 Å². The van der Waals surface area contributed by atoms with Gasteiger partial charge in [0.05, 0.1) is 6.33 Å². The third kappa shape index (κ3) is 3.13. The summed E-state index contributed by atoms with van der Waals surface area (Å²) in [6.45, 7) is 3.06. The number of anilines is 1. The number of thioether (sulfide) groups is 1. The van der Waals surface area contributed by atoms with Crippen molar-refractivity contribution in [1.82, 2.24) is 24.9 Å². The van der Waals surface area contributed by atoms with Crippen LogP contribution in [0.5, 0.6) is 0 Å². The maximum atomic E-state index is 4.40. The molecular formula is C14H16N6S. The Morgan fingerprint density at radius 3 is 3.10 bits per heavy atom. The summed E-state index contributed by atoms with van der Waals surface area (Å²) in [4.78, 5) is 20.1. The van der Waals surface area contributed by atoms with Gasteiger partial charge in [-0.1, -0.05) is 24.8 Å². The van der Waals surface area contributed by atoms with Crippen LogP contribution < -0.4 is 5.32 Å². The molecule has 0 fully saturated rings. The Morgan fingerprint density at radius 1 is 1.24 bits per heavy atom. The van der Waals surface area contributed by atoms with E-state index in [4.69, 9.17) is 0 Å². The number of nitrogens with zero attached hydrogens (tertiary/aromatic N) is 4. The molecule has 3 aromatic heterocycles. The van der Waals surface area contributed by atoms with Gasteiger partial charge in [-0.15, -0.1) is 0 Å². The highest BCUT2D eigenvalue weighted by Gasteiger charge is 2.09. The minimum absolute atomic E-state index is 0.697. The average molecular weight is 300 g/mol. The zero-order chi connectivity index (χ0) is 14.5. The van der Waals surface area contributed by atoms with Crippen LogP contribution in [-0.2, 0) is 5.75 Å². The molecule has 0 aliphatic rings. The molecule has 0 radical (unpaired) electrons. The van der Waals surface area contributed by atoms with Crippen molar-refractivity contribution in [2.45, 2.75) is 24.1 Å². The lowest BCUT2D eigenvalue weighted by atomic mass is 10.3. The lowest BCUT2D eigenvalue weighted by molar-refractivity contribution is 0.965. The number of imidazole rings is 1. The number of hydrogen-bond donors (Lipinski definition) is 2. The smallest absolute Gasteiger partial charge is 0.181 e. The van der Waals surface area contributed by atoms with Crippen LogP contribution >= 0.6 is 11.8 Å². The fraction of sp³-hybridized carbons (Fsp3) is 0.286. The first kappa shape index (κ1) is 13.8. The summed E-state index contributed by atoms with van der Waals surface area (Å²) in [5, 5.41) is 4.26. The number of hydrogen-bond acceptors (Lipinski definition) is 6. The first-order valence-electron chi connectivity index (χ1n) is 6.83. The van der Waals surface area contributed by atoms with E-state index in [-0.39, 0.29) is 0 Å². The summed E-state index contributed by atoms with van der Waals surface area (Å²) in [5.41, 5.74) is 2.75. The number of rotatable bonds is 6. The van der Waals surface area contributed by atoms with Crippen molar-refractivity contribution in [3.8, 4) is 0 Å². The molecule has 2 N–H and O–H groups in total. The van der Waals surface area contributed by atoms with Gasteiger partial charge in [0.1, 0.15) is 22.7 Å². The molecule has 7 heteroatoms. The Labute approximate surface area is 126 Å². The SMILES string of the molecule is CCCNc1ncccc1CSc1ncnc2nc[nH]c12. The lowest BCUT2D eigenvalue weighted by Gasteiger charge is -2.09. The molecule has 3 rings (SSSR count). The molecular weight excluding hydrogens is 284 g/mol. The van der Waals surface area contributed by atoms with E-state index in [1.54, 1.807) is 24.4 Å². The second-order valence-electron chi connectivity index (χ2n) is 4.51. The summed E-state index contributed by atoms with van der Waals surface area (Å²) < 4.78 is 0. The van der Waals surface area contributed by atoms with Crippen LogP contribution in [0.1, 0.15) is 18.9 Å². The van der Waals surface area contributed by atoms with E-state index < -0.39 is 0 Å². The molecule has 0 aliphatic heterocycles. The van der Waals surface area contributed by atoms with Crippen LogP contribution in [0.4, 0.5) is 5.82 Å². The highest BCUT2D eigenvalue weighted by Crippen LogP contribution is 2.27. The largest absolute Gasteiger partial charge is 0.370 e. The van der Waals surface area contributed by atoms with Crippen molar-refractivity contribution in [1.29, 1.82) is 0 Å². The Hall–Kier alpha value is -2.15. The number of H-pyrrole nitrogens is 1. The molecule has 21 heavy (non-hydrogen) atoms. The minimum Gasteiger partial charge on any atom is -0.370 e. The quantitative estimate of drug-likeness (QED) is 0.538. The summed E-state index contributed by atoms with van der Waals surface area (Å²) in [7, 11) is 0. The molecule has 0 amide bonds. The number of aromatic amines is 1. The van der Waals surface area contributed by atoms with Crippen molar-refractivity contribution in [2.75, 3.05) is 11.9 Å². The first-order valence-corrected chi connectivity index (χ1v) is 7.81. The third-order valence-corrected chi connectivity index (χ3v) is 4.02. The molecule has 0 atom stereocenters. The van der Waals surface area contributed by atoms with Crippen molar-refractivity contribution >= 4 is 28.7 Å². The normalized spacial score (nSPS) is 10.9. The topological polar surface area (TPSA) is 79.4 Å². The zero-order valence-electron chi connectivity index (χ0n) is 11.7. The van der Waals surface area contributed by atoms with Crippen molar-refractivity contribution in [3.05, 3.63) is 36.5 Å². The van der Waals surface area contributed by atoms with E-state index in [9.17, 15) is 0 Å². The maximum absolute atomic E-state index is 4.40. The van der Waals surface area contributed by atoms with E-state index >= 15 is 0 Å². The molecule has 0 saturated heterocycles. The van der Waals surface area contributed by atoms with E-state index in [1.165, 1.54) is 5.56 Å². The fourth-order valence-corrected chi connectivity index (χ4v) is 2.90. The van der Waals surface area contributed by atoms with E-state index in [2.05, 4.69) is 43.2 Å². The van der Waals surface area contributed by atoms with Crippen LogP contribution in [0.3, 0.4) is 0 Å². The summed E-state index contributed by atoms with van der Waals surface area (Å²) in [6.07, 6.45) is 6.07. The van der Waals surface area contributed by atoms with Crippen LogP contribution in [0.2, 0.25) is 0 Å². The maximum Gasteiger partial charge on any atom is 0.181 e. The van der Waals surface area contributed by atoms with Gasteiger partial charge < -0.3 is 10.3 Å². The van der Waals surface area contributed by atoms with Gasteiger partial charge in [0.25, 0.3) is 0 Å². The summed E-state index contributed by atoms with van der Waals surface area (Å²) >= 11 is 1.65. The molecule has 3 aromatic rings. The highest BCUT2D eigenvalue weighted by molar-refractivity contribution is 7.98. The monoisotopic (exact) mass is 300 g/mol. The molecule has 0 unspecified atom stereocenters. The Bertz CT molecular complexity index is 726. The van der Waals surface area contributed by atoms with Gasteiger partial charge in [-0.3, -0.25) is 0 Å². The van der Waals surface area contributed by atoms with Gasteiger partial charge in [0.15, 0.2) is 5.65 Å². The minimum atomic E-state index is 0.697. The Kier molecular flexibility index (Phi) is 4.30. The molecule has 108 valence electrons. The molecule has 0 saturated carbocycles. The second kappa shape index (κ2) is 6.53. The summed E-state index contributed by atoms with van der Waals surface area (Å²) in [6, 6.07) is 4.04. The second-order valence-corrected chi connectivity index (χ2v) is 5.47. The van der Waals surface area contributed by atoms with Crippen molar-refractivity contribution < 1.29 is 0 Å². The number of pyridine rings is 1. The molecule has 3 heterocycles. The van der Waals surface area contributed by atoms with Gasteiger partial charge in [-0.05, 0) is 12.5 Å². The first-order chi connectivity index (χ1) is 10.4. The van der Waals surface area contributed by atoms with Crippen LogP contribution in [0, 0.1) is 0 Å². The zero-order valence-corrected chi connectivity index (χ0v) is 12.5. The highest BCUT2D eigenvalue weighted by atomic mass is 32.2. The van der Waals surface area contributed by atoms with E-state index in [1.807, 2.05) is 12.3 Å². The van der Waals surface area contributed by atoms with E-state index in [0.29, 0.717) is 5.65 Å². The molecule has 0 bridgehead atoms. The van der Waals surface area contributed by atoms with Gasteiger partial charge in [0.2, 0.25) is 0 Å². The van der Waals surface area contributed by atoms with E-state index in [0.717, 1.165) is 35.1 Å². The number of nitrogens with one attached hydrogen (secondary N) is 2. The molecule has 0 aromatic carbocycles. The van der Waals surface area contributed by atoms with Crippen molar-refractivity contribution in [3.63, 3.8) is 0 Å². The number of aromatic nitrogens is 5. The fourth-order valence-electron chi connectivity index (χ4n) is 1.96. The Balaban J connectivity index is 1.77. The third-order valence-electron chi connectivity index (χ3n) is 2.99. The van der Waals surface area contributed by atoms with Crippen LogP contribution in [-0.4, -0.2) is 31.5 Å². The van der Waals surface area contributed by atoms with Gasteiger partial charge >= 0.3 is 0 Å². The lowest BCUT2D eigenvalue weighted by Crippen LogP contribution is -2.04. The predicted octanol–water partition coefficient (Wildman–Crippen LogP) is 2.86.